The molecule has 0 aromatic heterocycles. The molecule has 0 saturated carbocycles. The summed E-state index contributed by atoms with van der Waals surface area (Å²) in [6, 6.07) is 12.8. The molecule has 0 heterocycles. The Morgan fingerprint density at radius 2 is 1.59 bits per heavy atom. The fourth-order valence-corrected chi connectivity index (χ4v) is 2.22. The Morgan fingerprint density at radius 1 is 0.941 bits per heavy atom. The molecule has 2 aromatic carbocycles. The van der Waals surface area contributed by atoms with Crippen LogP contribution in [0, 0.1) is 20.8 Å². The lowest BCUT2D eigenvalue weighted by Gasteiger charge is -2.14. The molecular weight excluding hydrogens is 204 g/mol. The van der Waals surface area contributed by atoms with Crippen LogP contribution in [0.1, 0.15) is 22.3 Å². The zero-order chi connectivity index (χ0) is 12.4. The van der Waals surface area contributed by atoms with Crippen molar-refractivity contribution in [1.29, 1.82) is 0 Å². The Labute approximate surface area is 104 Å². The third-order valence-electron chi connectivity index (χ3n) is 3.50. The normalized spacial score (nSPS) is 10.3. The van der Waals surface area contributed by atoms with E-state index in [9.17, 15) is 0 Å². The second kappa shape index (κ2) is 4.58. The summed E-state index contributed by atoms with van der Waals surface area (Å²) in [6.07, 6.45) is 1.96. The molecule has 0 aliphatic carbocycles. The summed E-state index contributed by atoms with van der Waals surface area (Å²) in [5, 5.41) is 0. The highest BCUT2D eigenvalue weighted by Gasteiger charge is 2.09. The Hall–Kier alpha value is -1.82. The third-order valence-corrected chi connectivity index (χ3v) is 3.50. The van der Waals surface area contributed by atoms with E-state index in [4.69, 9.17) is 0 Å². The highest BCUT2D eigenvalue weighted by Crippen LogP contribution is 2.30. The standard InChI is InChI=1S/C17H18/c1-5-16-14(4)13(3)12(2)11-17(16)15-9-7-6-8-10-15/h5-11H,1H2,2-4H3. The molecule has 0 heteroatoms. The van der Waals surface area contributed by atoms with Crippen molar-refractivity contribution < 1.29 is 0 Å². The fraction of sp³-hybridized carbons (Fsp3) is 0.176. The van der Waals surface area contributed by atoms with Gasteiger partial charge in [0.25, 0.3) is 0 Å². The molecule has 0 radical (unpaired) electrons. The summed E-state index contributed by atoms with van der Waals surface area (Å²) in [4.78, 5) is 0. The Balaban J connectivity index is 2.74. The quantitative estimate of drug-likeness (QED) is 0.676. The highest BCUT2D eigenvalue weighted by atomic mass is 14.1. The molecule has 0 fully saturated rings. The topological polar surface area (TPSA) is 0 Å². The van der Waals surface area contributed by atoms with E-state index >= 15 is 0 Å². The molecular formula is C17H18. The van der Waals surface area contributed by atoms with Gasteiger partial charge in [-0.25, -0.2) is 0 Å². The van der Waals surface area contributed by atoms with Crippen LogP contribution in [-0.4, -0.2) is 0 Å². The van der Waals surface area contributed by atoms with E-state index < -0.39 is 0 Å². The van der Waals surface area contributed by atoms with Crippen molar-refractivity contribution in [2.24, 2.45) is 0 Å². The first-order valence-electron chi connectivity index (χ1n) is 5.93. The maximum atomic E-state index is 3.95. The molecule has 0 aliphatic heterocycles. The first kappa shape index (κ1) is 11.7. The van der Waals surface area contributed by atoms with E-state index in [1.54, 1.807) is 0 Å². The largest absolute Gasteiger partial charge is 0.0984 e. The van der Waals surface area contributed by atoms with Crippen LogP contribution in [0.2, 0.25) is 0 Å². The summed E-state index contributed by atoms with van der Waals surface area (Å²) >= 11 is 0. The SMILES string of the molecule is C=Cc1c(-c2ccccc2)cc(C)c(C)c1C. The van der Waals surface area contributed by atoms with E-state index in [1.165, 1.54) is 33.4 Å². The van der Waals surface area contributed by atoms with Crippen LogP contribution < -0.4 is 0 Å². The summed E-state index contributed by atoms with van der Waals surface area (Å²) in [6.45, 7) is 10.5. The van der Waals surface area contributed by atoms with Crippen molar-refractivity contribution in [3.05, 3.63) is 65.2 Å². The summed E-state index contributed by atoms with van der Waals surface area (Å²) in [5.41, 5.74) is 7.82. The van der Waals surface area contributed by atoms with Crippen molar-refractivity contribution in [2.45, 2.75) is 20.8 Å². The van der Waals surface area contributed by atoms with E-state index in [0.29, 0.717) is 0 Å². The van der Waals surface area contributed by atoms with Gasteiger partial charge in [-0.05, 0) is 54.2 Å². The van der Waals surface area contributed by atoms with Crippen LogP contribution in [0.4, 0.5) is 0 Å². The predicted octanol–water partition coefficient (Wildman–Crippen LogP) is 4.92. The third kappa shape index (κ3) is 2.03. The first-order valence-corrected chi connectivity index (χ1v) is 5.93. The minimum Gasteiger partial charge on any atom is -0.0984 e. The Morgan fingerprint density at radius 3 is 2.18 bits per heavy atom. The molecule has 86 valence electrons. The molecule has 0 unspecified atom stereocenters. The van der Waals surface area contributed by atoms with Gasteiger partial charge >= 0.3 is 0 Å². The van der Waals surface area contributed by atoms with Crippen molar-refractivity contribution in [2.75, 3.05) is 0 Å². The molecule has 0 N–H and O–H groups in total. The molecule has 0 amide bonds. The van der Waals surface area contributed by atoms with Crippen LogP contribution >= 0.6 is 0 Å². The molecule has 0 bridgehead atoms. The van der Waals surface area contributed by atoms with Crippen molar-refractivity contribution in [1.82, 2.24) is 0 Å². The van der Waals surface area contributed by atoms with Gasteiger partial charge in [0, 0.05) is 0 Å². The van der Waals surface area contributed by atoms with Crippen LogP contribution in [0.3, 0.4) is 0 Å². The number of hydrogen-bond acceptors (Lipinski definition) is 0. The minimum absolute atomic E-state index is 1.25. The van der Waals surface area contributed by atoms with Crippen molar-refractivity contribution >= 4 is 6.08 Å². The molecule has 2 aromatic rings. The molecule has 0 saturated heterocycles. The lowest BCUT2D eigenvalue weighted by Crippen LogP contribution is -1.94. The lowest BCUT2D eigenvalue weighted by molar-refractivity contribution is 1.26. The van der Waals surface area contributed by atoms with Crippen LogP contribution in [-0.2, 0) is 0 Å². The van der Waals surface area contributed by atoms with Gasteiger partial charge in [0.05, 0.1) is 0 Å². The van der Waals surface area contributed by atoms with Gasteiger partial charge in [0.15, 0.2) is 0 Å². The summed E-state index contributed by atoms with van der Waals surface area (Å²) < 4.78 is 0. The summed E-state index contributed by atoms with van der Waals surface area (Å²) in [7, 11) is 0. The molecule has 0 atom stereocenters. The van der Waals surface area contributed by atoms with E-state index in [0.717, 1.165) is 0 Å². The Bertz CT molecular complexity index is 548. The minimum atomic E-state index is 1.25. The van der Waals surface area contributed by atoms with Gasteiger partial charge in [-0.2, -0.15) is 0 Å². The van der Waals surface area contributed by atoms with Gasteiger partial charge < -0.3 is 0 Å². The average molecular weight is 222 g/mol. The smallest absolute Gasteiger partial charge is 0.0106 e. The van der Waals surface area contributed by atoms with Gasteiger partial charge in [-0.1, -0.05) is 49.1 Å². The van der Waals surface area contributed by atoms with Crippen LogP contribution in [0.15, 0.2) is 43.0 Å². The maximum absolute atomic E-state index is 3.95. The predicted molar refractivity (Wildman–Crippen MR) is 76.2 cm³/mol. The molecule has 0 aliphatic rings. The summed E-state index contributed by atoms with van der Waals surface area (Å²) in [5.74, 6) is 0. The second-order valence-electron chi connectivity index (χ2n) is 4.47. The second-order valence-corrected chi connectivity index (χ2v) is 4.47. The number of hydrogen-bond donors (Lipinski definition) is 0. The maximum Gasteiger partial charge on any atom is -0.0106 e. The van der Waals surface area contributed by atoms with Gasteiger partial charge in [-0.15, -0.1) is 0 Å². The molecule has 0 nitrogen and oxygen atoms in total. The highest BCUT2D eigenvalue weighted by molar-refractivity contribution is 5.78. The first-order chi connectivity index (χ1) is 8.15. The monoisotopic (exact) mass is 222 g/mol. The number of benzene rings is 2. The lowest BCUT2D eigenvalue weighted by atomic mass is 9.90. The average Bonchev–Trinajstić information content (AvgIpc) is 2.36. The van der Waals surface area contributed by atoms with Crippen LogP contribution in [0.5, 0.6) is 0 Å². The van der Waals surface area contributed by atoms with Gasteiger partial charge in [-0.3, -0.25) is 0 Å². The number of rotatable bonds is 2. The van der Waals surface area contributed by atoms with E-state index in [1.807, 2.05) is 12.1 Å². The molecule has 2 rings (SSSR count). The fourth-order valence-electron chi connectivity index (χ4n) is 2.22. The Kier molecular flexibility index (Phi) is 3.14. The zero-order valence-corrected chi connectivity index (χ0v) is 10.7. The number of aryl methyl sites for hydroxylation is 1. The van der Waals surface area contributed by atoms with E-state index in [2.05, 4.69) is 57.7 Å². The van der Waals surface area contributed by atoms with Crippen molar-refractivity contribution in [3.8, 4) is 11.1 Å². The molecule has 0 spiro atoms. The van der Waals surface area contributed by atoms with Crippen LogP contribution in [0.25, 0.3) is 17.2 Å². The van der Waals surface area contributed by atoms with E-state index in [-0.39, 0.29) is 0 Å². The van der Waals surface area contributed by atoms with Crippen molar-refractivity contribution in [3.63, 3.8) is 0 Å². The van der Waals surface area contributed by atoms with Gasteiger partial charge in [0.2, 0.25) is 0 Å². The zero-order valence-electron chi connectivity index (χ0n) is 10.7. The molecule has 17 heavy (non-hydrogen) atoms. The van der Waals surface area contributed by atoms with Gasteiger partial charge in [0.1, 0.15) is 0 Å².